The summed E-state index contributed by atoms with van der Waals surface area (Å²) in [6.07, 6.45) is 0.955. The maximum absolute atomic E-state index is 11.5. The predicted octanol–water partition coefficient (Wildman–Crippen LogP) is 2.29. The lowest BCUT2D eigenvalue weighted by atomic mass is 10.2. The van der Waals surface area contributed by atoms with Crippen LogP contribution in [-0.2, 0) is 4.79 Å². The van der Waals surface area contributed by atoms with Crippen molar-refractivity contribution >= 4 is 21.8 Å². The second-order valence-electron chi connectivity index (χ2n) is 3.81. The SMILES string of the molecule is CCCC(Oc1ccc(Br)c(C)c1)C(=O)NN. The molecule has 0 aliphatic heterocycles. The number of amides is 1. The molecule has 0 saturated heterocycles. The van der Waals surface area contributed by atoms with Gasteiger partial charge in [-0.2, -0.15) is 0 Å². The number of rotatable bonds is 5. The van der Waals surface area contributed by atoms with Crippen molar-refractivity contribution in [3.8, 4) is 5.75 Å². The van der Waals surface area contributed by atoms with E-state index in [9.17, 15) is 4.79 Å². The van der Waals surface area contributed by atoms with Gasteiger partial charge < -0.3 is 4.74 Å². The molecule has 0 bridgehead atoms. The topological polar surface area (TPSA) is 64.3 Å². The number of carbonyl (C=O) groups is 1. The van der Waals surface area contributed by atoms with Crippen molar-refractivity contribution in [2.75, 3.05) is 0 Å². The Morgan fingerprint density at radius 1 is 1.59 bits per heavy atom. The highest BCUT2D eigenvalue weighted by molar-refractivity contribution is 9.10. The first-order valence-corrected chi connectivity index (χ1v) is 6.31. The third kappa shape index (κ3) is 4.02. The second kappa shape index (κ2) is 6.61. The van der Waals surface area contributed by atoms with Gasteiger partial charge in [-0.05, 0) is 37.1 Å². The molecule has 1 rings (SSSR count). The maximum atomic E-state index is 11.5. The number of hydrogen-bond donors (Lipinski definition) is 2. The molecule has 5 heteroatoms. The van der Waals surface area contributed by atoms with E-state index in [2.05, 4.69) is 21.4 Å². The first-order valence-electron chi connectivity index (χ1n) is 5.51. The minimum atomic E-state index is -0.537. The standard InChI is InChI=1S/C12H17BrN2O2/c1-3-4-11(12(16)15-14)17-9-5-6-10(13)8(2)7-9/h5-7,11H,3-4,14H2,1-2H3,(H,15,16). The molecule has 3 N–H and O–H groups in total. The summed E-state index contributed by atoms with van der Waals surface area (Å²) in [5, 5.41) is 0. The van der Waals surface area contributed by atoms with E-state index in [0.717, 1.165) is 16.5 Å². The Balaban J connectivity index is 2.78. The Labute approximate surface area is 110 Å². The fourth-order valence-corrected chi connectivity index (χ4v) is 1.70. The van der Waals surface area contributed by atoms with Crippen LogP contribution in [0.4, 0.5) is 0 Å². The molecule has 1 atom stereocenters. The molecule has 94 valence electrons. The molecule has 1 amide bonds. The van der Waals surface area contributed by atoms with E-state index in [-0.39, 0.29) is 5.91 Å². The molecular formula is C12H17BrN2O2. The number of carbonyl (C=O) groups excluding carboxylic acids is 1. The number of aryl methyl sites for hydroxylation is 1. The maximum Gasteiger partial charge on any atom is 0.274 e. The molecule has 1 aromatic carbocycles. The predicted molar refractivity (Wildman–Crippen MR) is 70.5 cm³/mol. The van der Waals surface area contributed by atoms with Crippen molar-refractivity contribution < 1.29 is 9.53 Å². The number of hydrogen-bond acceptors (Lipinski definition) is 3. The van der Waals surface area contributed by atoms with Crippen molar-refractivity contribution in [3.05, 3.63) is 28.2 Å². The van der Waals surface area contributed by atoms with Crippen molar-refractivity contribution in [3.63, 3.8) is 0 Å². The summed E-state index contributed by atoms with van der Waals surface area (Å²) >= 11 is 3.41. The van der Waals surface area contributed by atoms with Crippen LogP contribution in [0.5, 0.6) is 5.75 Å². The smallest absolute Gasteiger partial charge is 0.274 e. The average Bonchev–Trinajstić information content (AvgIpc) is 2.32. The second-order valence-corrected chi connectivity index (χ2v) is 4.67. The van der Waals surface area contributed by atoms with Gasteiger partial charge in [-0.15, -0.1) is 0 Å². The lowest BCUT2D eigenvalue weighted by Crippen LogP contribution is -2.42. The van der Waals surface area contributed by atoms with E-state index in [1.807, 2.05) is 32.0 Å². The van der Waals surface area contributed by atoms with Gasteiger partial charge in [-0.3, -0.25) is 10.2 Å². The van der Waals surface area contributed by atoms with Gasteiger partial charge in [-0.1, -0.05) is 29.3 Å². The number of nitrogens with one attached hydrogen (secondary N) is 1. The van der Waals surface area contributed by atoms with Gasteiger partial charge in [0.05, 0.1) is 0 Å². The van der Waals surface area contributed by atoms with E-state index < -0.39 is 6.10 Å². The van der Waals surface area contributed by atoms with E-state index in [1.165, 1.54) is 0 Å². The Hall–Kier alpha value is -1.07. The van der Waals surface area contributed by atoms with E-state index >= 15 is 0 Å². The number of ether oxygens (including phenoxy) is 1. The van der Waals surface area contributed by atoms with Crippen molar-refractivity contribution in [1.82, 2.24) is 5.43 Å². The van der Waals surface area contributed by atoms with Crippen LogP contribution >= 0.6 is 15.9 Å². The van der Waals surface area contributed by atoms with Crippen LogP contribution in [0.15, 0.2) is 22.7 Å². The highest BCUT2D eigenvalue weighted by Gasteiger charge is 2.18. The molecule has 17 heavy (non-hydrogen) atoms. The monoisotopic (exact) mass is 300 g/mol. The summed E-state index contributed by atoms with van der Waals surface area (Å²) in [6, 6.07) is 5.61. The normalized spacial score (nSPS) is 12.0. The van der Waals surface area contributed by atoms with E-state index in [0.29, 0.717) is 12.2 Å². The Kier molecular flexibility index (Phi) is 5.44. The van der Waals surface area contributed by atoms with Crippen molar-refractivity contribution in [1.29, 1.82) is 0 Å². The Morgan fingerprint density at radius 2 is 2.29 bits per heavy atom. The summed E-state index contributed by atoms with van der Waals surface area (Å²) in [4.78, 5) is 11.5. The largest absolute Gasteiger partial charge is 0.481 e. The van der Waals surface area contributed by atoms with Gasteiger partial charge in [0.1, 0.15) is 5.75 Å². The summed E-state index contributed by atoms with van der Waals surface area (Å²) in [5.41, 5.74) is 3.18. The number of halogens is 1. The highest BCUT2D eigenvalue weighted by atomic mass is 79.9. The van der Waals surface area contributed by atoms with Gasteiger partial charge >= 0.3 is 0 Å². The quantitative estimate of drug-likeness (QED) is 0.498. The Bertz CT molecular complexity index is 396. The summed E-state index contributed by atoms with van der Waals surface area (Å²) < 4.78 is 6.64. The van der Waals surface area contributed by atoms with Crippen LogP contribution in [0.3, 0.4) is 0 Å². The number of hydrazine groups is 1. The zero-order chi connectivity index (χ0) is 12.8. The summed E-state index contributed by atoms with van der Waals surface area (Å²) in [7, 11) is 0. The molecule has 0 spiro atoms. The van der Waals surface area contributed by atoms with Crippen LogP contribution in [0.25, 0.3) is 0 Å². The molecule has 0 heterocycles. The third-order valence-corrected chi connectivity index (χ3v) is 3.28. The molecule has 0 aliphatic carbocycles. The zero-order valence-electron chi connectivity index (χ0n) is 10.00. The molecule has 0 aromatic heterocycles. The van der Waals surface area contributed by atoms with Crippen LogP contribution in [0.1, 0.15) is 25.3 Å². The molecule has 0 radical (unpaired) electrons. The average molecular weight is 301 g/mol. The van der Waals surface area contributed by atoms with Crippen LogP contribution in [0, 0.1) is 6.92 Å². The van der Waals surface area contributed by atoms with E-state index in [4.69, 9.17) is 10.6 Å². The van der Waals surface area contributed by atoms with Crippen LogP contribution < -0.4 is 16.0 Å². The molecule has 1 unspecified atom stereocenters. The summed E-state index contributed by atoms with van der Waals surface area (Å²) in [5.74, 6) is 5.50. The first-order chi connectivity index (χ1) is 8.08. The minimum Gasteiger partial charge on any atom is -0.481 e. The first kappa shape index (κ1) is 14.0. The molecule has 4 nitrogen and oxygen atoms in total. The van der Waals surface area contributed by atoms with Crippen molar-refractivity contribution in [2.24, 2.45) is 5.84 Å². The van der Waals surface area contributed by atoms with Gasteiger partial charge in [0.15, 0.2) is 6.10 Å². The van der Waals surface area contributed by atoms with Crippen molar-refractivity contribution in [2.45, 2.75) is 32.8 Å². The number of benzene rings is 1. The Morgan fingerprint density at radius 3 is 2.82 bits per heavy atom. The summed E-state index contributed by atoms with van der Waals surface area (Å²) in [6.45, 7) is 3.96. The number of nitrogens with two attached hydrogens (primary N) is 1. The lowest BCUT2D eigenvalue weighted by molar-refractivity contribution is -0.128. The van der Waals surface area contributed by atoms with Crippen LogP contribution in [0.2, 0.25) is 0 Å². The molecule has 0 fully saturated rings. The third-order valence-electron chi connectivity index (χ3n) is 2.39. The molecule has 0 saturated carbocycles. The fraction of sp³-hybridized carbons (Fsp3) is 0.417. The minimum absolute atomic E-state index is 0.299. The van der Waals surface area contributed by atoms with Gasteiger partial charge in [0.25, 0.3) is 5.91 Å². The molecule has 0 aliphatic rings. The molecular weight excluding hydrogens is 284 g/mol. The van der Waals surface area contributed by atoms with E-state index in [1.54, 1.807) is 0 Å². The lowest BCUT2D eigenvalue weighted by Gasteiger charge is -2.17. The zero-order valence-corrected chi connectivity index (χ0v) is 11.6. The van der Waals surface area contributed by atoms with Crippen LogP contribution in [-0.4, -0.2) is 12.0 Å². The van der Waals surface area contributed by atoms with Gasteiger partial charge in [0, 0.05) is 4.47 Å². The highest BCUT2D eigenvalue weighted by Crippen LogP contribution is 2.23. The molecule has 1 aromatic rings. The fourth-order valence-electron chi connectivity index (χ4n) is 1.45. The van der Waals surface area contributed by atoms with Gasteiger partial charge in [0.2, 0.25) is 0 Å². The van der Waals surface area contributed by atoms with Gasteiger partial charge in [-0.25, -0.2) is 5.84 Å².